The molecule has 182 valence electrons. The summed E-state index contributed by atoms with van der Waals surface area (Å²) in [5.41, 5.74) is -1.02. The van der Waals surface area contributed by atoms with Gasteiger partial charge in [-0.25, -0.2) is 9.78 Å². The minimum atomic E-state index is -5.08. The number of benzene rings is 1. The molecule has 0 bridgehead atoms. The number of halogens is 6. The number of ketones is 1. The Balaban J connectivity index is 0.000000479. The molecule has 13 heteroatoms. The molecule has 3 rings (SSSR count). The Morgan fingerprint density at radius 1 is 1.18 bits per heavy atom. The molecule has 7 nitrogen and oxygen atoms in total. The van der Waals surface area contributed by atoms with E-state index in [-0.39, 0.29) is 34.8 Å². The molecule has 1 atom stereocenters. The Hall–Kier alpha value is -2.96. The van der Waals surface area contributed by atoms with Gasteiger partial charge in [-0.05, 0) is 44.0 Å². The SMILES string of the molecule is Cc1cc(C(F)(F)F)cc2c(=O)n(CC(=O)C[C@@H]3CCCCN3)cnc12.O=C(O)C(F)(F)F. The molecule has 1 aliphatic heterocycles. The third-order valence-electron chi connectivity index (χ3n) is 4.92. The fourth-order valence-corrected chi connectivity index (χ4v) is 3.35. The quantitative estimate of drug-likeness (QED) is 0.649. The molecule has 2 N–H and O–H groups in total. The normalized spacial score (nSPS) is 16.8. The van der Waals surface area contributed by atoms with E-state index in [4.69, 9.17) is 9.90 Å². The Morgan fingerprint density at radius 3 is 2.33 bits per heavy atom. The number of aliphatic carboxylic acids is 1. The molecule has 0 radical (unpaired) electrons. The number of carboxylic acids is 1. The number of nitrogens with zero attached hydrogens (tertiary/aromatic N) is 2. The summed E-state index contributed by atoms with van der Waals surface area (Å²) >= 11 is 0. The summed E-state index contributed by atoms with van der Waals surface area (Å²) in [4.78, 5) is 37.8. The predicted octanol–water partition coefficient (Wildman–Crippen LogP) is 3.46. The van der Waals surface area contributed by atoms with Crippen molar-refractivity contribution in [1.82, 2.24) is 14.9 Å². The fraction of sp³-hybridized carbons (Fsp3) is 0.500. The Labute approximate surface area is 183 Å². The lowest BCUT2D eigenvalue weighted by Crippen LogP contribution is -2.37. The molecule has 1 aliphatic rings. The molecule has 1 fully saturated rings. The van der Waals surface area contributed by atoms with E-state index >= 15 is 0 Å². The van der Waals surface area contributed by atoms with Crippen LogP contribution in [-0.4, -0.2) is 45.2 Å². The summed E-state index contributed by atoms with van der Waals surface area (Å²) in [6.45, 7) is 2.17. The number of aryl methyl sites for hydroxylation is 1. The molecular weight excluding hydrogens is 460 g/mol. The topological polar surface area (TPSA) is 101 Å². The maximum Gasteiger partial charge on any atom is 0.490 e. The molecule has 0 aliphatic carbocycles. The maximum atomic E-state index is 13.0. The molecule has 0 unspecified atom stereocenters. The van der Waals surface area contributed by atoms with E-state index in [0.717, 1.165) is 42.5 Å². The fourth-order valence-electron chi connectivity index (χ4n) is 3.35. The molecule has 0 amide bonds. The first-order valence-corrected chi connectivity index (χ1v) is 9.82. The van der Waals surface area contributed by atoms with Crippen molar-refractivity contribution in [3.8, 4) is 0 Å². The summed E-state index contributed by atoms with van der Waals surface area (Å²) < 4.78 is 71.9. The molecule has 1 saturated heterocycles. The maximum absolute atomic E-state index is 13.0. The number of carboxylic acid groups (broad SMARTS) is 1. The van der Waals surface area contributed by atoms with Crippen molar-refractivity contribution in [3.63, 3.8) is 0 Å². The molecular formula is C20H21F6N3O4. The lowest BCUT2D eigenvalue weighted by Gasteiger charge is -2.22. The van der Waals surface area contributed by atoms with Crippen LogP contribution in [0.3, 0.4) is 0 Å². The zero-order chi connectivity index (χ0) is 25.0. The van der Waals surface area contributed by atoms with Gasteiger partial charge in [0.05, 0.1) is 29.3 Å². The zero-order valence-corrected chi connectivity index (χ0v) is 17.4. The van der Waals surface area contributed by atoms with E-state index in [1.807, 2.05) is 0 Å². The number of nitrogens with one attached hydrogen (secondary N) is 1. The summed E-state index contributed by atoms with van der Waals surface area (Å²) in [6.07, 6.45) is -5.05. The van der Waals surface area contributed by atoms with Crippen LogP contribution in [0.25, 0.3) is 10.9 Å². The van der Waals surface area contributed by atoms with Crippen molar-refractivity contribution < 1.29 is 41.0 Å². The molecule has 0 spiro atoms. The number of carbonyl (C=O) groups excluding carboxylic acids is 1. The molecule has 1 aromatic heterocycles. The summed E-state index contributed by atoms with van der Waals surface area (Å²) in [5.74, 6) is -2.90. The van der Waals surface area contributed by atoms with Gasteiger partial charge in [0.25, 0.3) is 5.56 Å². The highest BCUT2D eigenvalue weighted by Gasteiger charge is 2.38. The van der Waals surface area contributed by atoms with Crippen molar-refractivity contribution in [1.29, 1.82) is 0 Å². The standard InChI is InChI=1S/C18H20F3N3O2.C2HF3O2/c1-11-6-12(18(19,20)21)7-15-16(11)23-10-24(17(15)26)9-14(25)8-13-4-2-3-5-22-13;3-2(4,5)1(6)7/h6-7,10,13,22H,2-5,8-9H2,1H3;(H,6,7)/t13-;/m0./s1. The van der Waals surface area contributed by atoms with Crippen molar-refractivity contribution in [2.45, 2.75) is 57.5 Å². The van der Waals surface area contributed by atoms with Crippen LogP contribution in [0.2, 0.25) is 0 Å². The van der Waals surface area contributed by atoms with Gasteiger partial charge < -0.3 is 10.4 Å². The van der Waals surface area contributed by atoms with E-state index in [9.17, 15) is 35.9 Å². The zero-order valence-electron chi connectivity index (χ0n) is 17.4. The van der Waals surface area contributed by atoms with E-state index < -0.39 is 29.4 Å². The van der Waals surface area contributed by atoms with Crippen LogP contribution < -0.4 is 10.9 Å². The van der Waals surface area contributed by atoms with E-state index in [2.05, 4.69) is 10.3 Å². The summed E-state index contributed by atoms with van der Waals surface area (Å²) in [7, 11) is 0. The third kappa shape index (κ3) is 7.27. The highest BCUT2D eigenvalue weighted by Crippen LogP contribution is 2.31. The van der Waals surface area contributed by atoms with E-state index in [1.165, 1.54) is 13.3 Å². The van der Waals surface area contributed by atoms with Gasteiger partial charge in [-0.15, -0.1) is 0 Å². The highest BCUT2D eigenvalue weighted by molar-refractivity contribution is 5.83. The third-order valence-corrected chi connectivity index (χ3v) is 4.92. The van der Waals surface area contributed by atoms with Gasteiger partial charge in [0.2, 0.25) is 0 Å². The minimum absolute atomic E-state index is 0.0967. The number of carbonyl (C=O) groups is 2. The molecule has 1 aromatic carbocycles. The summed E-state index contributed by atoms with van der Waals surface area (Å²) in [5, 5.41) is 10.3. The van der Waals surface area contributed by atoms with Crippen molar-refractivity contribution >= 4 is 22.7 Å². The van der Waals surface area contributed by atoms with Crippen LogP contribution in [0.15, 0.2) is 23.3 Å². The Bertz CT molecular complexity index is 1070. The van der Waals surface area contributed by atoms with Crippen LogP contribution in [0.5, 0.6) is 0 Å². The number of rotatable bonds is 4. The number of fused-ring (bicyclic) bond motifs is 1. The average Bonchev–Trinajstić information content (AvgIpc) is 2.70. The van der Waals surface area contributed by atoms with Crippen LogP contribution in [0.1, 0.15) is 36.8 Å². The first-order chi connectivity index (χ1) is 15.2. The second kappa shape index (κ2) is 10.3. The number of piperidine rings is 1. The van der Waals surface area contributed by atoms with Gasteiger partial charge in [0.1, 0.15) is 0 Å². The molecule has 33 heavy (non-hydrogen) atoms. The molecule has 2 aromatic rings. The summed E-state index contributed by atoms with van der Waals surface area (Å²) in [6, 6.07) is 1.87. The van der Waals surface area contributed by atoms with Gasteiger partial charge in [-0.1, -0.05) is 6.42 Å². The predicted molar refractivity (Wildman–Crippen MR) is 105 cm³/mol. The number of aromatic nitrogens is 2. The van der Waals surface area contributed by atoms with Gasteiger partial charge in [0, 0.05) is 12.5 Å². The van der Waals surface area contributed by atoms with Gasteiger partial charge in [-0.2, -0.15) is 26.3 Å². The van der Waals surface area contributed by atoms with Crippen LogP contribution in [0, 0.1) is 6.92 Å². The second-order valence-electron chi connectivity index (χ2n) is 7.56. The number of Topliss-reactive ketones (excluding diaryl/α,β-unsaturated/α-hetero) is 1. The van der Waals surface area contributed by atoms with Crippen molar-refractivity contribution in [2.24, 2.45) is 0 Å². The first-order valence-electron chi connectivity index (χ1n) is 9.82. The molecule has 0 saturated carbocycles. The lowest BCUT2D eigenvalue weighted by molar-refractivity contribution is -0.192. The van der Waals surface area contributed by atoms with Crippen LogP contribution >= 0.6 is 0 Å². The highest BCUT2D eigenvalue weighted by atomic mass is 19.4. The lowest BCUT2D eigenvalue weighted by atomic mass is 10.00. The van der Waals surface area contributed by atoms with Gasteiger partial charge in [0.15, 0.2) is 5.78 Å². The number of alkyl halides is 6. The smallest absolute Gasteiger partial charge is 0.475 e. The average molecular weight is 481 g/mol. The monoisotopic (exact) mass is 481 g/mol. The van der Waals surface area contributed by atoms with E-state index in [1.54, 1.807) is 0 Å². The van der Waals surface area contributed by atoms with E-state index in [0.29, 0.717) is 6.42 Å². The second-order valence-corrected chi connectivity index (χ2v) is 7.56. The van der Waals surface area contributed by atoms with Crippen molar-refractivity contribution in [2.75, 3.05) is 6.54 Å². The molecule has 2 heterocycles. The first kappa shape index (κ1) is 26.3. The van der Waals surface area contributed by atoms with Crippen LogP contribution in [-0.2, 0) is 22.3 Å². The minimum Gasteiger partial charge on any atom is -0.475 e. The number of hydrogen-bond acceptors (Lipinski definition) is 5. The number of hydrogen-bond donors (Lipinski definition) is 2. The largest absolute Gasteiger partial charge is 0.490 e. The Kier molecular flexibility index (Phi) is 8.22. The van der Waals surface area contributed by atoms with Gasteiger partial charge >= 0.3 is 18.3 Å². The Morgan fingerprint density at radius 2 is 1.82 bits per heavy atom. The van der Waals surface area contributed by atoms with Crippen molar-refractivity contribution in [3.05, 3.63) is 39.9 Å². The van der Waals surface area contributed by atoms with Crippen LogP contribution in [0.4, 0.5) is 26.3 Å². The van der Waals surface area contributed by atoms with Gasteiger partial charge in [-0.3, -0.25) is 14.2 Å².